The number of aromatic nitrogens is 1. The normalized spacial score (nSPS) is 21.2. The molecule has 1 aliphatic carbocycles. The van der Waals surface area contributed by atoms with Crippen LogP contribution in [0.25, 0.3) is 10.1 Å². The van der Waals surface area contributed by atoms with Crippen molar-refractivity contribution in [2.24, 2.45) is 0 Å². The van der Waals surface area contributed by atoms with E-state index in [0.29, 0.717) is 12.2 Å². The first-order valence-corrected chi connectivity index (χ1v) is 11.6. The van der Waals surface area contributed by atoms with E-state index in [9.17, 15) is 9.59 Å². The third-order valence-electron chi connectivity index (χ3n) is 6.78. The maximum atomic E-state index is 12.9. The van der Waals surface area contributed by atoms with Crippen molar-refractivity contribution in [2.75, 3.05) is 39.3 Å². The van der Waals surface area contributed by atoms with Crippen molar-refractivity contribution in [1.82, 2.24) is 19.7 Å². The van der Waals surface area contributed by atoms with Crippen LogP contribution in [0.4, 0.5) is 0 Å². The molecule has 5 rings (SSSR count). The minimum absolute atomic E-state index is 0.00269. The number of nitrogens with zero attached hydrogens (tertiary/aromatic N) is 4. The number of amides is 1. The summed E-state index contributed by atoms with van der Waals surface area (Å²) in [7, 11) is 0. The molecule has 0 bridgehead atoms. The van der Waals surface area contributed by atoms with Gasteiger partial charge in [-0.3, -0.25) is 24.4 Å². The second-order valence-corrected chi connectivity index (χ2v) is 9.72. The van der Waals surface area contributed by atoms with Crippen molar-refractivity contribution in [1.29, 1.82) is 0 Å². The molecule has 1 saturated heterocycles. The van der Waals surface area contributed by atoms with Gasteiger partial charge in [-0.05, 0) is 30.9 Å². The molecule has 0 spiro atoms. The second-order valence-electron chi connectivity index (χ2n) is 8.59. The molecule has 0 atom stereocenters. The van der Waals surface area contributed by atoms with Gasteiger partial charge >= 0.3 is 0 Å². The Hall–Kier alpha value is -1.83. The smallest absolute Gasteiger partial charge is 0.236 e. The van der Waals surface area contributed by atoms with E-state index in [0.717, 1.165) is 56.4 Å². The molecule has 7 heteroatoms. The Morgan fingerprint density at radius 1 is 1.17 bits per heavy atom. The van der Waals surface area contributed by atoms with Gasteiger partial charge in [0.25, 0.3) is 0 Å². The fourth-order valence-corrected chi connectivity index (χ4v) is 6.06. The molecule has 154 valence electrons. The third kappa shape index (κ3) is 3.71. The Labute approximate surface area is 175 Å². The van der Waals surface area contributed by atoms with Crippen molar-refractivity contribution >= 4 is 33.1 Å². The van der Waals surface area contributed by atoms with Crippen molar-refractivity contribution in [2.45, 2.75) is 45.2 Å². The highest BCUT2D eigenvalue weighted by Gasteiger charge is 2.30. The number of rotatable bonds is 4. The molecule has 2 aromatic heterocycles. The molecule has 3 aliphatic rings. The van der Waals surface area contributed by atoms with E-state index in [-0.39, 0.29) is 11.7 Å². The van der Waals surface area contributed by atoms with E-state index >= 15 is 0 Å². The Bertz CT molecular complexity index is 944. The predicted octanol–water partition coefficient (Wildman–Crippen LogP) is 2.55. The first-order chi connectivity index (χ1) is 14.1. The Kier molecular flexibility index (Phi) is 5.14. The molecular weight excluding hydrogens is 384 g/mol. The van der Waals surface area contributed by atoms with Crippen molar-refractivity contribution in [3.63, 3.8) is 0 Å². The van der Waals surface area contributed by atoms with Gasteiger partial charge in [0.2, 0.25) is 5.91 Å². The number of carbonyl (C=O) groups excluding carboxylic acids is 2. The maximum absolute atomic E-state index is 12.9. The zero-order valence-electron chi connectivity index (χ0n) is 17.0. The summed E-state index contributed by atoms with van der Waals surface area (Å²) in [5.74, 6) is 0.270. The fourth-order valence-electron chi connectivity index (χ4n) is 4.75. The van der Waals surface area contributed by atoms with Gasteiger partial charge in [-0.15, -0.1) is 11.3 Å². The van der Waals surface area contributed by atoms with Gasteiger partial charge in [-0.2, -0.15) is 0 Å². The number of carbonyl (C=O) groups is 2. The summed E-state index contributed by atoms with van der Waals surface area (Å²) < 4.78 is 1.13. The summed E-state index contributed by atoms with van der Waals surface area (Å²) >= 11 is 1.74. The van der Waals surface area contributed by atoms with Crippen LogP contribution in [0.1, 0.15) is 47.1 Å². The second kappa shape index (κ2) is 7.78. The van der Waals surface area contributed by atoms with Gasteiger partial charge in [-0.25, -0.2) is 0 Å². The Morgan fingerprint density at radius 3 is 2.66 bits per heavy atom. The zero-order chi connectivity index (χ0) is 20.0. The molecule has 0 aromatic carbocycles. The molecule has 29 heavy (non-hydrogen) atoms. The van der Waals surface area contributed by atoms with Gasteiger partial charge in [-0.1, -0.05) is 6.42 Å². The number of pyridine rings is 1. The van der Waals surface area contributed by atoms with Crippen LogP contribution in [0, 0.1) is 0 Å². The van der Waals surface area contributed by atoms with Crippen LogP contribution in [0.2, 0.25) is 0 Å². The van der Waals surface area contributed by atoms with Crippen molar-refractivity contribution in [3.8, 4) is 0 Å². The van der Waals surface area contributed by atoms with Crippen LogP contribution < -0.4 is 0 Å². The minimum atomic E-state index is 0.00269. The lowest BCUT2D eigenvalue weighted by Crippen LogP contribution is -2.55. The number of fused-ring (bicyclic) bond motifs is 3. The summed E-state index contributed by atoms with van der Waals surface area (Å²) in [6.45, 7) is 7.59. The molecule has 0 radical (unpaired) electrons. The molecule has 2 aromatic rings. The monoisotopic (exact) mass is 412 g/mol. The molecule has 1 amide bonds. The topological polar surface area (TPSA) is 56.8 Å². The number of thiophene rings is 1. The average molecular weight is 413 g/mol. The summed E-state index contributed by atoms with van der Waals surface area (Å²) in [5.41, 5.74) is 1.88. The molecule has 0 unspecified atom stereocenters. The number of piperazine rings is 1. The lowest BCUT2D eigenvalue weighted by molar-refractivity contribution is -0.135. The number of Topliss-reactive ketones (excluding diaryl/α,β-unsaturated/α-hetero) is 1. The zero-order valence-corrected chi connectivity index (χ0v) is 17.8. The number of hydrogen-bond acceptors (Lipinski definition) is 6. The molecule has 2 fully saturated rings. The molecule has 0 N–H and O–H groups in total. The first kappa shape index (κ1) is 19.2. The predicted molar refractivity (Wildman–Crippen MR) is 114 cm³/mol. The summed E-state index contributed by atoms with van der Waals surface area (Å²) in [6, 6.07) is 2.69. The summed E-state index contributed by atoms with van der Waals surface area (Å²) in [6.07, 6.45) is 6.83. The molecule has 2 aliphatic heterocycles. The third-order valence-corrected chi connectivity index (χ3v) is 7.96. The molecule has 6 nitrogen and oxygen atoms in total. The number of ketones is 1. The highest BCUT2D eigenvalue weighted by Crippen LogP contribution is 2.35. The lowest BCUT2D eigenvalue weighted by atomic mass is 9.91. The van der Waals surface area contributed by atoms with Crippen molar-refractivity contribution < 1.29 is 9.59 Å². The molecule has 4 heterocycles. The van der Waals surface area contributed by atoms with Gasteiger partial charge in [0.05, 0.1) is 6.54 Å². The standard InChI is InChI=1S/C22H28N4O2S/c1-15(27)19-11-20-18(12-23-19)17-5-6-24(13-21(17)29-20)14-22(28)26-9-7-25(8-10-26)16-3-2-4-16/h11-12,16H,2-10,13-14H2,1H3. The highest BCUT2D eigenvalue weighted by molar-refractivity contribution is 7.19. The quantitative estimate of drug-likeness (QED) is 0.723. The van der Waals surface area contributed by atoms with Crippen LogP contribution >= 0.6 is 11.3 Å². The Morgan fingerprint density at radius 2 is 1.97 bits per heavy atom. The summed E-state index contributed by atoms with van der Waals surface area (Å²) in [5, 5.41) is 1.17. The van der Waals surface area contributed by atoms with Crippen LogP contribution in [0.5, 0.6) is 0 Å². The van der Waals surface area contributed by atoms with Crippen LogP contribution in [0.15, 0.2) is 12.3 Å². The van der Waals surface area contributed by atoms with E-state index in [2.05, 4.69) is 19.7 Å². The SMILES string of the molecule is CC(=O)c1cc2sc3c(c2cn1)CCN(CC(=O)N1CCN(C2CCC2)CC1)C3. The van der Waals surface area contributed by atoms with E-state index in [1.807, 2.05) is 12.3 Å². The van der Waals surface area contributed by atoms with E-state index in [4.69, 9.17) is 0 Å². The van der Waals surface area contributed by atoms with Gasteiger partial charge in [0.1, 0.15) is 5.69 Å². The van der Waals surface area contributed by atoms with E-state index in [1.165, 1.54) is 35.1 Å². The maximum Gasteiger partial charge on any atom is 0.236 e. The highest BCUT2D eigenvalue weighted by atomic mass is 32.1. The van der Waals surface area contributed by atoms with Gasteiger partial charge in [0, 0.05) is 73.4 Å². The van der Waals surface area contributed by atoms with Crippen molar-refractivity contribution in [3.05, 3.63) is 28.4 Å². The van der Waals surface area contributed by atoms with Gasteiger partial charge in [0.15, 0.2) is 5.78 Å². The largest absolute Gasteiger partial charge is 0.339 e. The van der Waals surface area contributed by atoms with Gasteiger partial charge < -0.3 is 4.90 Å². The lowest BCUT2D eigenvalue weighted by Gasteiger charge is -2.43. The summed E-state index contributed by atoms with van der Waals surface area (Å²) in [4.78, 5) is 37.0. The first-order valence-electron chi connectivity index (χ1n) is 10.7. The van der Waals surface area contributed by atoms with E-state index < -0.39 is 0 Å². The molecule has 1 saturated carbocycles. The molecular formula is C22H28N4O2S. The van der Waals surface area contributed by atoms with Crippen LogP contribution in [0.3, 0.4) is 0 Å². The number of hydrogen-bond donors (Lipinski definition) is 0. The van der Waals surface area contributed by atoms with Crippen LogP contribution in [-0.4, -0.2) is 76.7 Å². The minimum Gasteiger partial charge on any atom is -0.339 e. The van der Waals surface area contributed by atoms with E-state index in [1.54, 1.807) is 18.3 Å². The van der Waals surface area contributed by atoms with Crippen LogP contribution in [-0.2, 0) is 17.8 Å². The fraction of sp³-hybridized carbons (Fsp3) is 0.591. The average Bonchev–Trinajstić information content (AvgIpc) is 3.04. The Balaban J connectivity index is 1.21.